The minimum absolute atomic E-state index is 0.742. The summed E-state index contributed by atoms with van der Waals surface area (Å²) in [5.74, 6) is 3.39. The second-order valence-corrected chi connectivity index (χ2v) is 7.53. The molecule has 1 atom stereocenters. The third-order valence-electron chi connectivity index (χ3n) is 4.66. The minimum Gasteiger partial charge on any atom is -0.493 e. The molecule has 130 valence electrons. The first-order valence-corrected chi connectivity index (χ1v) is 9.93. The molecule has 1 unspecified atom stereocenters. The second kappa shape index (κ2) is 6.70. The zero-order valence-electron chi connectivity index (χ0n) is 14.8. The van der Waals surface area contributed by atoms with Gasteiger partial charge in [0.05, 0.1) is 6.61 Å². The fraction of sp³-hybridized carbons (Fsp3) is 0.300. The van der Waals surface area contributed by atoms with Crippen LogP contribution in [-0.2, 0) is 13.0 Å². The highest BCUT2D eigenvalue weighted by Crippen LogP contribution is 2.38. The van der Waals surface area contributed by atoms with Crippen LogP contribution >= 0.6 is 8.73 Å². The predicted molar refractivity (Wildman–Crippen MR) is 102 cm³/mol. The van der Waals surface area contributed by atoms with Crippen LogP contribution in [0.25, 0.3) is 11.0 Å². The molecule has 3 aromatic rings. The van der Waals surface area contributed by atoms with E-state index in [9.17, 15) is 0 Å². The third kappa shape index (κ3) is 3.12. The van der Waals surface area contributed by atoms with E-state index >= 15 is 0 Å². The number of hydrogen-bond donors (Lipinski definition) is 0. The molecule has 0 aliphatic carbocycles. The van der Waals surface area contributed by atoms with Gasteiger partial charge in [-0.25, -0.2) is 0 Å². The maximum Gasteiger partial charge on any atom is 0.177 e. The van der Waals surface area contributed by atoms with Gasteiger partial charge in [0.15, 0.2) is 11.3 Å². The van der Waals surface area contributed by atoms with Gasteiger partial charge in [-0.05, 0) is 38.3 Å². The van der Waals surface area contributed by atoms with Crippen LogP contribution in [0.3, 0.4) is 0 Å². The maximum absolute atomic E-state index is 6.13. The molecule has 1 aromatic heterocycles. The van der Waals surface area contributed by atoms with E-state index < -0.39 is 0 Å². The Morgan fingerprint density at radius 1 is 1.24 bits per heavy atom. The average molecular weight is 355 g/mol. The zero-order chi connectivity index (χ0) is 17.4. The molecule has 0 amide bonds. The molecular formula is C20H22NO3P. The van der Waals surface area contributed by atoms with Gasteiger partial charge in [-0.2, -0.15) is 0 Å². The molecule has 0 N–H and O–H groups in total. The van der Waals surface area contributed by atoms with Crippen molar-refractivity contribution in [2.75, 3.05) is 20.3 Å². The zero-order valence-corrected chi connectivity index (χ0v) is 15.8. The van der Waals surface area contributed by atoms with E-state index in [2.05, 4.69) is 30.5 Å². The number of rotatable bonds is 5. The highest BCUT2D eigenvalue weighted by atomic mass is 31.1. The number of ether oxygens (including phenoxy) is 2. The number of para-hydroxylation sites is 1. The molecule has 1 aliphatic heterocycles. The summed E-state index contributed by atoms with van der Waals surface area (Å²) in [7, 11) is 2.89. The minimum atomic E-state index is 0.742. The molecule has 1 aliphatic rings. The van der Waals surface area contributed by atoms with E-state index in [1.54, 1.807) is 0 Å². The smallest absolute Gasteiger partial charge is 0.177 e. The molecule has 0 saturated carbocycles. The first-order chi connectivity index (χ1) is 12.2. The fourth-order valence-electron chi connectivity index (χ4n) is 3.19. The van der Waals surface area contributed by atoms with Crippen molar-refractivity contribution in [3.05, 3.63) is 53.3 Å². The summed E-state index contributed by atoms with van der Waals surface area (Å²) in [4.78, 5) is 0. The van der Waals surface area contributed by atoms with E-state index in [0.717, 1.165) is 62.3 Å². The van der Waals surface area contributed by atoms with Gasteiger partial charge in [0.25, 0.3) is 0 Å². The lowest BCUT2D eigenvalue weighted by Crippen LogP contribution is -2.06. The molecule has 2 aromatic carbocycles. The molecule has 4 nitrogen and oxygen atoms in total. The molecule has 0 fully saturated rings. The van der Waals surface area contributed by atoms with E-state index in [4.69, 9.17) is 13.9 Å². The normalized spacial score (nSPS) is 13.8. The number of nitrogens with zero attached hydrogens (tertiary/aromatic N) is 1. The van der Waals surface area contributed by atoms with Gasteiger partial charge in [0.2, 0.25) is 0 Å². The summed E-state index contributed by atoms with van der Waals surface area (Å²) >= 11 is 0. The van der Waals surface area contributed by atoms with Gasteiger partial charge in [0.1, 0.15) is 17.3 Å². The summed E-state index contributed by atoms with van der Waals surface area (Å²) in [5.41, 5.74) is 3.28. The van der Waals surface area contributed by atoms with Crippen LogP contribution in [0.1, 0.15) is 16.9 Å². The lowest BCUT2D eigenvalue weighted by Gasteiger charge is -2.13. The van der Waals surface area contributed by atoms with Crippen LogP contribution in [0.15, 0.2) is 40.8 Å². The Balaban J connectivity index is 1.69. The number of aryl methyl sites for hydroxylation is 1. The summed E-state index contributed by atoms with van der Waals surface area (Å²) in [5, 5.41) is 1.12. The van der Waals surface area contributed by atoms with Crippen molar-refractivity contribution in [2.45, 2.75) is 19.9 Å². The van der Waals surface area contributed by atoms with Crippen molar-refractivity contribution in [3.8, 4) is 17.2 Å². The highest BCUT2D eigenvalue weighted by Gasteiger charge is 2.17. The Hall–Kier alpha value is -2.03. The van der Waals surface area contributed by atoms with Crippen LogP contribution in [0, 0.1) is 6.92 Å². The molecule has 25 heavy (non-hydrogen) atoms. The summed E-state index contributed by atoms with van der Waals surface area (Å²) in [6.45, 7) is 5.83. The average Bonchev–Trinajstić information content (AvgIpc) is 3.20. The lowest BCUT2D eigenvalue weighted by molar-refractivity contribution is 0.355. The first-order valence-electron chi connectivity index (χ1n) is 8.49. The summed E-state index contributed by atoms with van der Waals surface area (Å²) in [6, 6.07) is 12.1. The number of hydrogen-bond acceptors (Lipinski definition) is 4. The predicted octanol–water partition coefficient (Wildman–Crippen LogP) is 5.12. The fourth-order valence-corrected chi connectivity index (χ4v) is 3.51. The van der Waals surface area contributed by atoms with Crippen molar-refractivity contribution >= 4 is 19.7 Å². The van der Waals surface area contributed by atoms with Crippen molar-refractivity contribution in [1.82, 2.24) is 4.67 Å². The Morgan fingerprint density at radius 3 is 2.96 bits per heavy atom. The molecule has 0 saturated heterocycles. The van der Waals surface area contributed by atoms with Crippen LogP contribution in [0.2, 0.25) is 0 Å². The van der Waals surface area contributed by atoms with Crippen LogP contribution in [-0.4, -0.2) is 25.0 Å². The molecule has 2 heterocycles. The van der Waals surface area contributed by atoms with Gasteiger partial charge in [-0.3, -0.25) is 4.67 Å². The second-order valence-electron chi connectivity index (χ2n) is 6.32. The van der Waals surface area contributed by atoms with Gasteiger partial charge >= 0.3 is 0 Å². The van der Waals surface area contributed by atoms with Crippen LogP contribution < -0.4 is 9.47 Å². The van der Waals surface area contributed by atoms with Crippen LogP contribution in [0.4, 0.5) is 0 Å². The summed E-state index contributed by atoms with van der Waals surface area (Å²) in [6.07, 6.45) is 0.970. The Labute approximate surface area is 149 Å². The van der Waals surface area contributed by atoms with E-state index in [-0.39, 0.29) is 0 Å². The largest absolute Gasteiger partial charge is 0.493 e. The molecule has 5 heteroatoms. The standard InChI is InChI=1S/C20H22NO3P/c1-13-17(12-21(2)25-3)16-5-4-6-18(20(16)23-13)24-15-8-7-14-9-10-22-19(14)11-15/h4-8,11,25H,9-10,12H2,1-3H3. The van der Waals surface area contributed by atoms with Gasteiger partial charge < -0.3 is 13.9 Å². The van der Waals surface area contributed by atoms with E-state index in [1.807, 2.05) is 31.2 Å². The van der Waals surface area contributed by atoms with Gasteiger partial charge in [-0.1, -0.05) is 26.9 Å². The molecule has 0 bridgehead atoms. The topological polar surface area (TPSA) is 34.8 Å². The molecule has 4 rings (SSSR count). The molecule has 0 spiro atoms. The Morgan fingerprint density at radius 2 is 2.12 bits per heavy atom. The van der Waals surface area contributed by atoms with Gasteiger partial charge in [0, 0.05) is 30.0 Å². The Kier molecular flexibility index (Phi) is 4.41. The van der Waals surface area contributed by atoms with Crippen molar-refractivity contribution in [3.63, 3.8) is 0 Å². The molecular weight excluding hydrogens is 333 g/mol. The maximum atomic E-state index is 6.13. The third-order valence-corrected chi connectivity index (χ3v) is 5.58. The Bertz CT molecular complexity index is 919. The van der Waals surface area contributed by atoms with Crippen molar-refractivity contribution in [2.24, 2.45) is 0 Å². The number of furan rings is 1. The monoisotopic (exact) mass is 355 g/mol. The van der Waals surface area contributed by atoms with Crippen molar-refractivity contribution in [1.29, 1.82) is 0 Å². The van der Waals surface area contributed by atoms with E-state index in [1.165, 1.54) is 11.1 Å². The SMILES string of the molecule is CPN(C)Cc1c(C)oc2c(Oc3ccc4c(c3)OCC4)cccc12. The lowest BCUT2D eigenvalue weighted by atomic mass is 10.1. The number of fused-ring (bicyclic) bond motifs is 2. The quantitative estimate of drug-likeness (QED) is 0.595. The number of benzene rings is 2. The molecule has 0 radical (unpaired) electrons. The van der Waals surface area contributed by atoms with Crippen molar-refractivity contribution < 1.29 is 13.9 Å². The van der Waals surface area contributed by atoms with Gasteiger partial charge in [-0.15, -0.1) is 0 Å². The first kappa shape index (κ1) is 16.4. The highest BCUT2D eigenvalue weighted by molar-refractivity contribution is 7.34. The van der Waals surface area contributed by atoms with E-state index in [0.29, 0.717) is 0 Å². The van der Waals surface area contributed by atoms with Crippen LogP contribution in [0.5, 0.6) is 17.2 Å². The summed E-state index contributed by atoms with van der Waals surface area (Å²) < 4.78 is 20.1.